The van der Waals surface area contributed by atoms with Gasteiger partial charge in [0.1, 0.15) is 0 Å². The summed E-state index contributed by atoms with van der Waals surface area (Å²) in [5, 5.41) is 10.1. The molecule has 1 heterocycles. The summed E-state index contributed by atoms with van der Waals surface area (Å²) in [6, 6.07) is 11.0. The van der Waals surface area contributed by atoms with E-state index in [0.29, 0.717) is 12.5 Å². The fourth-order valence-electron chi connectivity index (χ4n) is 2.53. The highest BCUT2D eigenvalue weighted by molar-refractivity contribution is 5.84. The molecular formula is C15H19N3. The lowest BCUT2D eigenvalue weighted by atomic mass is 10.0. The largest absolute Gasteiger partial charge is 0.350 e. The van der Waals surface area contributed by atoms with Crippen LogP contribution in [-0.4, -0.2) is 23.6 Å². The number of aromatic nitrogens is 1. The third-order valence-corrected chi connectivity index (χ3v) is 3.44. The molecule has 0 fully saturated rings. The van der Waals surface area contributed by atoms with Crippen LogP contribution in [0.3, 0.4) is 0 Å². The average molecular weight is 241 g/mol. The van der Waals surface area contributed by atoms with Crippen molar-refractivity contribution in [2.45, 2.75) is 18.9 Å². The molecule has 1 atom stereocenters. The molecule has 0 N–H and O–H groups in total. The summed E-state index contributed by atoms with van der Waals surface area (Å²) in [6.45, 7) is 0. The summed E-state index contributed by atoms with van der Waals surface area (Å²) in [5.41, 5.74) is 2.56. The van der Waals surface area contributed by atoms with Crippen molar-refractivity contribution in [3.05, 3.63) is 36.0 Å². The lowest BCUT2D eigenvalue weighted by Gasteiger charge is -2.23. The van der Waals surface area contributed by atoms with E-state index in [-0.39, 0.29) is 0 Å². The Bertz CT molecular complexity index is 575. The minimum absolute atomic E-state index is 0.302. The van der Waals surface area contributed by atoms with Crippen LogP contribution in [0.1, 0.15) is 24.4 Å². The Morgan fingerprint density at radius 2 is 2.06 bits per heavy atom. The standard InChI is InChI=1S/C15H19N3/c1-17(2)14(9-6-10-16)13-11-18(3)15-8-5-4-7-12(13)15/h4-5,7-8,11,14H,6,9H2,1-3H3. The quantitative estimate of drug-likeness (QED) is 0.824. The first-order chi connectivity index (χ1) is 8.65. The fourth-order valence-corrected chi connectivity index (χ4v) is 2.53. The van der Waals surface area contributed by atoms with Crippen molar-refractivity contribution in [2.75, 3.05) is 14.1 Å². The minimum atomic E-state index is 0.302. The molecule has 1 unspecified atom stereocenters. The Morgan fingerprint density at radius 3 is 2.72 bits per heavy atom. The van der Waals surface area contributed by atoms with Crippen LogP contribution in [0.15, 0.2) is 30.5 Å². The third-order valence-electron chi connectivity index (χ3n) is 3.44. The topological polar surface area (TPSA) is 32.0 Å². The lowest BCUT2D eigenvalue weighted by Crippen LogP contribution is -2.19. The van der Waals surface area contributed by atoms with Crippen molar-refractivity contribution < 1.29 is 0 Å². The van der Waals surface area contributed by atoms with Crippen molar-refractivity contribution in [1.82, 2.24) is 9.47 Å². The van der Waals surface area contributed by atoms with Crippen LogP contribution in [0.25, 0.3) is 10.9 Å². The molecule has 0 spiro atoms. The van der Waals surface area contributed by atoms with Gasteiger partial charge in [-0.1, -0.05) is 18.2 Å². The van der Waals surface area contributed by atoms with E-state index in [1.807, 2.05) is 0 Å². The second-order valence-corrected chi connectivity index (χ2v) is 4.89. The number of fused-ring (bicyclic) bond motifs is 1. The molecule has 18 heavy (non-hydrogen) atoms. The van der Waals surface area contributed by atoms with Gasteiger partial charge in [0.15, 0.2) is 0 Å². The minimum Gasteiger partial charge on any atom is -0.350 e. The molecule has 2 aromatic rings. The predicted octanol–water partition coefficient (Wildman–Crippen LogP) is 3.08. The lowest BCUT2D eigenvalue weighted by molar-refractivity contribution is 0.287. The van der Waals surface area contributed by atoms with Gasteiger partial charge in [-0.2, -0.15) is 5.26 Å². The van der Waals surface area contributed by atoms with Gasteiger partial charge in [0.05, 0.1) is 6.07 Å². The van der Waals surface area contributed by atoms with Crippen LogP contribution in [0.5, 0.6) is 0 Å². The van der Waals surface area contributed by atoms with E-state index in [1.54, 1.807) is 0 Å². The molecule has 0 radical (unpaired) electrons. The van der Waals surface area contributed by atoms with E-state index in [1.165, 1.54) is 16.5 Å². The Labute approximate surface area is 108 Å². The van der Waals surface area contributed by atoms with Crippen LogP contribution in [0, 0.1) is 11.3 Å². The second kappa shape index (κ2) is 5.24. The Kier molecular flexibility index (Phi) is 3.69. The maximum atomic E-state index is 8.79. The highest BCUT2D eigenvalue weighted by Gasteiger charge is 2.18. The van der Waals surface area contributed by atoms with Crippen molar-refractivity contribution in [1.29, 1.82) is 5.26 Å². The van der Waals surface area contributed by atoms with Gasteiger partial charge in [-0.15, -0.1) is 0 Å². The molecule has 0 aliphatic carbocycles. The van der Waals surface area contributed by atoms with Crippen molar-refractivity contribution >= 4 is 10.9 Å². The summed E-state index contributed by atoms with van der Waals surface area (Å²) in [6.07, 6.45) is 3.65. The van der Waals surface area contributed by atoms with Crippen molar-refractivity contribution in [3.63, 3.8) is 0 Å². The van der Waals surface area contributed by atoms with E-state index in [9.17, 15) is 0 Å². The van der Waals surface area contributed by atoms with Gasteiger partial charge in [0.25, 0.3) is 0 Å². The molecule has 0 bridgehead atoms. The van der Waals surface area contributed by atoms with Crippen LogP contribution in [0.2, 0.25) is 0 Å². The predicted molar refractivity (Wildman–Crippen MR) is 74.2 cm³/mol. The molecule has 0 aliphatic heterocycles. The first-order valence-corrected chi connectivity index (χ1v) is 6.22. The first kappa shape index (κ1) is 12.7. The number of rotatable bonds is 4. The number of hydrogen-bond acceptors (Lipinski definition) is 2. The van der Waals surface area contributed by atoms with Crippen LogP contribution in [0.4, 0.5) is 0 Å². The van der Waals surface area contributed by atoms with Crippen LogP contribution < -0.4 is 0 Å². The monoisotopic (exact) mass is 241 g/mol. The second-order valence-electron chi connectivity index (χ2n) is 4.89. The number of benzene rings is 1. The molecule has 1 aromatic heterocycles. The Balaban J connectivity index is 2.48. The Hall–Kier alpha value is -1.79. The number of aryl methyl sites for hydroxylation is 1. The third kappa shape index (κ3) is 2.25. The molecule has 0 aliphatic rings. The van der Waals surface area contributed by atoms with Crippen LogP contribution in [-0.2, 0) is 7.05 Å². The van der Waals surface area contributed by atoms with Crippen LogP contribution >= 0.6 is 0 Å². The van der Waals surface area contributed by atoms with Gasteiger partial charge < -0.3 is 9.47 Å². The van der Waals surface area contributed by atoms with E-state index < -0.39 is 0 Å². The number of para-hydroxylation sites is 1. The summed E-state index contributed by atoms with van der Waals surface area (Å²) in [5.74, 6) is 0. The van der Waals surface area contributed by atoms with E-state index in [2.05, 4.69) is 67.1 Å². The summed E-state index contributed by atoms with van der Waals surface area (Å²) in [4.78, 5) is 2.19. The maximum Gasteiger partial charge on any atom is 0.0622 e. The maximum absolute atomic E-state index is 8.79. The summed E-state index contributed by atoms with van der Waals surface area (Å²) < 4.78 is 2.16. The normalized spacial score (nSPS) is 12.8. The number of nitriles is 1. The fraction of sp³-hybridized carbons (Fsp3) is 0.400. The molecule has 2 rings (SSSR count). The van der Waals surface area contributed by atoms with Crippen molar-refractivity contribution in [3.8, 4) is 6.07 Å². The van der Waals surface area contributed by atoms with Gasteiger partial charge in [-0.25, -0.2) is 0 Å². The molecule has 3 heteroatoms. The van der Waals surface area contributed by atoms with Gasteiger partial charge >= 0.3 is 0 Å². The smallest absolute Gasteiger partial charge is 0.0622 e. The average Bonchev–Trinajstić information content (AvgIpc) is 2.68. The highest BCUT2D eigenvalue weighted by Crippen LogP contribution is 2.31. The number of hydrogen-bond donors (Lipinski definition) is 0. The zero-order chi connectivity index (χ0) is 13.1. The van der Waals surface area contributed by atoms with Crippen molar-refractivity contribution in [2.24, 2.45) is 7.05 Å². The zero-order valence-corrected chi connectivity index (χ0v) is 11.2. The number of nitrogens with zero attached hydrogens (tertiary/aromatic N) is 3. The molecule has 0 saturated carbocycles. The Morgan fingerprint density at radius 1 is 1.33 bits per heavy atom. The molecule has 3 nitrogen and oxygen atoms in total. The van der Waals surface area contributed by atoms with E-state index in [4.69, 9.17) is 5.26 Å². The molecular weight excluding hydrogens is 222 g/mol. The molecule has 1 aromatic carbocycles. The van der Waals surface area contributed by atoms with Gasteiger partial charge in [-0.3, -0.25) is 0 Å². The highest BCUT2D eigenvalue weighted by atomic mass is 15.1. The van der Waals surface area contributed by atoms with Gasteiger partial charge in [0.2, 0.25) is 0 Å². The SMILES string of the molecule is CN(C)C(CCC#N)c1cn(C)c2ccccc12. The zero-order valence-electron chi connectivity index (χ0n) is 11.2. The van der Waals surface area contributed by atoms with E-state index >= 15 is 0 Å². The van der Waals surface area contributed by atoms with Gasteiger partial charge in [0, 0.05) is 36.6 Å². The molecule has 94 valence electrons. The summed E-state index contributed by atoms with van der Waals surface area (Å²) in [7, 11) is 6.22. The summed E-state index contributed by atoms with van der Waals surface area (Å²) >= 11 is 0. The van der Waals surface area contributed by atoms with E-state index in [0.717, 1.165) is 6.42 Å². The first-order valence-electron chi connectivity index (χ1n) is 6.22. The van der Waals surface area contributed by atoms with Gasteiger partial charge in [-0.05, 0) is 32.1 Å². The molecule has 0 amide bonds. The molecule has 0 saturated heterocycles.